The van der Waals surface area contributed by atoms with Gasteiger partial charge in [0.1, 0.15) is 17.4 Å². The summed E-state index contributed by atoms with van der Waals surface area (Å²) in [5.41, 5.74) is 1.23. The number of ketones is 1. The molecule has 0 fully saturated rings. The lowest BCUT2D eigenvalue weighted by molar-refractivity contribution is -0.139. The Bertz CT molecular complexity index is 1580. The van der Waals surface area contributed by atoms with E-state index in [1.807, 2.05) is 33.8 Å². The highest BCUT2D eigenvalue weighted by molar-refractivity contribution is 5.94. The predicted molar refractivity (Wildman–Crippen MR) is 137 cm³/mol. The average Bonchev–Trinajstić information content (AvgIpc) is 3.08. The Morgan fingerprint density at radius 2 is 1.73 bits per heavy atom. The Balaban J connectivity index is 1.69. The lowest BCUT2D eigenvalue weighted by Gasteiger charge is -2.42. The molecule has 2 aliphatic heterocycles. The molecule has 0 bridgehead atoms. The van der Waals surface area contributed by atoms with Crippen molar-refractivity contribution in [3.05, 3.63) is 91.8 Å². The standard InChI is InChI=1S/C28H29N3O6/c1-15(2)23(25(33)34)18-8-11-20-22(14-18)37-28(4,5)21-12-13-29-26(35)30(27(36)31(29)24(20)21)19-9-6-17(7-10-19)16(3)32/h6-12,14-15,23-24H,13H2,1-5H3,(H,33,34). The van der Waals surface area contributed by atoms with E-state index in [9.17, 15) is 24.3 Å². The minimum atomic E-state index is -0.916. The number of hydrogen-bond donors (Lipinski definition) is 1. The van der Waals surface area contributed by atoms with E-state index in [1.165, 1.54) is 16.3 Å². The summed E-state index contributed by atoms with van der Waals surface area (Å²) in [7, 11) is 0. The summed E-state index contributed by atoms with van der Waals surface area (Å²) in [6, 6.07) is 11.1. The van der Waals surface area contributed by atoms with Gasteiger partial charge in [-0.25, -0.2) is 23.5 Å². The molecule has 3 aromatic rings. The van der Waals surface area contributed by atoms with Crippen molar-refractivity contribution in [3.8, 4) is 11.4 Å². The van der Waals surface area contributed by atoms with Crippen LogP contribution >= 0.6 is 0 Å². The van der Waals surface area contributed by atoms with Crippen LogP contribution in [-0.4, -0.2) is 36.4 Å². The second kappa shape index (κ2) is 8.47. The topological polar surface area (TPSA) is 113 Å². The molecule has 2 aliphatic rings. The van der Waals surface area contributed by atoms with Crippen LogP contribution in [0.5, 0.6) is 5.75 Å². The number of nitrogens with zero attached hydrogens (tertiary/aromatic N) is 3. The molecule has 9 heteroatoms. The molecule has 2 aromatic carbocycles. The fourth-order valence-electron chi connectivity index (χ4n) is 5.48. The minimum absolute atomic E-state index is 0.108. The molecule has 2 unspecified atom stereocenters. The summed E-state index contributed by atoms with van der Waals surface area (Å²) in [4.78, 5) is 50.8. The molecule has 192 valence electrons. The van der Waals surface area contributed by atoms with E-state index < -0.39 is 34.9 Å². The molecule has 0 spiro atoms. The molecule has 0 amide bonds. The van der Waals surface area contributed by atoms with E-state index in [1.54, 1.807) is 42.5 Å². The highest BCUT2D eigenvalue weighted by Gasteiger charge is 2.44. The highest BCUT2D eigenvalue weighted by atomic mass is 16.5. The zero-order chi connectivity index (χ0) is 26.8. The number of aliphatic carboxylic acids is 1. The van der Waals surface area contributed by atoms with Gasteiger partial charge in [-0.3, -0.25) is 9.59 Å². The maximum Gasteiger partial charge on any atom is 0.352 e. The Hall–Kier alpha value is -4.14. The Morgan fingerprint density at radius 1 is 1.05 bits per heavy atom. The van der Waals surface area contributed by atoms with Crippen molar-refractivity contribution in [2.45, 2.75) is 58.7 Å². The van der Waals surface area contributed by atoms with Crippen LogP contribution in [0.2, 0.25) is 0 Å². The summed E-state index contributed by atoms with van der Waals surface area (Å²) >= 11 is 0. The molecule has 0 radical (unpaired) electrons. The second-order valence-electron chi connectivity index (χ2n) is 10.5. The number of rotatable bonds is 5. The van der Waals surface area contributed by atoms with Gasteiger partial charge >= 0.3 is 17.3 Å². The third-order valence-electron chi connectivity index (χ3n) is 7.30. The summed E-state index contributed by atoms with van der Waals surface area (Å²) < 4.78 is 10.3. The lowest BCUT2D eigenvalue weighted by Crippen LogP contribution is -2.46. The van der Waals surface area contributed by atoms with Gasteiger partial charge in [0, 0.05) is 11.1 Å². The lowest BCUT2D eigenvalue weighted by atomic mass is 9.81. The van der Waals surface area contributed by atoms with Crippen molar-refractivity contribution in [3.63, 3.8) is 0 Å². The molecular formula is C28H29N3O6. The second-order valence-corrected chi connectivity index (χ2v) is 10.5. The van der Waals surface area contributed by atoms with E-state index in [-0.39, 0.29) is 18.2 Å². The van der Waals surface area contributed by atoms with E-state index in [0.29, 0.717) is 28.1 Å². The molecule has 0 aliphatic carbocycles. The number of fused-ring (bicyclic) bond motifs is 5. The van der Waals surface area contributed by atoms with Gasteiger partial charge in [0.05, 0.1) is 18.2 Å². The van der Waals surface area contributed by atoms with Crippen LogP contribution in [0.1, 0.15) is 68.1 Å². The van der Waals surface area contributed by atoms with Crippen LogP contribution in [0, 0.1) is 5.92 Å². The molecule has 5 rings (SSSR count). The summed E-state index contributed by atoms with van der Waals surface area (Å²) in [6.45, 7) is 9.16. The van der Waals surface area contributed by atoms with Crippen molar-refractivity contribution >= 4 is 11.8 Å². The zero-order valence-electron chi connectivity index (χ0n) is 21.4. The fraction of sp³-hybridized carbons (Fsp3) is 0.357. The summed E-state index contributed by atoms with van der Waals surface area (Å²) in [5.74, 6) is -1.37. The first-order valence-corrected chi connectivity index (χ1v) is 12.2. The maximum atomic E-state index is 13.8. The van der Waals surface area contributed by atoms with Crippen LogP contribution in [0.4, 0.5) is 0 Å². The van der Waals surface area contributed by atoms with Crippen molar-refractivity contribution in [2.24, 2.45) is 5.92 Å². The van der Waals surface area contributed by atoms with Gasteiger partial charge in [-0.15, -0.1) is 0 Å². The quantitative estimate of drug-likeness (QED) is 0.421. The predicted octanol–water partition coefficient (Wildman–Crippen LogP) is 3.53. The van der Waals surface area contributed by atoms with E-state index >= 15 is 0 Å². The van der Waals surface area contributed by atoms with Crippen molar-refractivity contribution in [1.29, 1.82) is 0 Å². The van der Waals surface area contributed by atoms with Gasteiger partial charge in [0.2, 0.25) is 0 Å². The van der Waals surface area contributed by atoms with Crippen LogP contribution in [0.3, 0.4) is 0 Å². The number of hydrogen-bond acceptors (Lipinski definition) is 5. The van der Waals surface area contributed by atoms with E-state index in [2.05, 4.69) is 0 Å². The van der Waals surface area contributed by atoms with Crippen LogP contribution in [-0.2, 0) is 11.3 Å². The van der Waals surface area contributed by atoms with Gasteiger partial charge in [-0.05, 0) is 68.2 Å². The van der Waals surface area contributed by atoms with Gasteiger partial charge in [-0.2, -0.15) is 0 Å². The van der Waals surface area contributed by atoms with Gasteiger partial charge < -0.3 is 9.84 Å². The van der Waals surface area contributed by atoms with Gasteiger partial charge in [0.25, 0.3) is 0 Å². The smallest absolute Gasteiger partial charge is 0.352 e. The Labute approximate surface area is 213 Å². The number of benzene rings is 2. The van der Waals surface area contributed by atoms with Crippen molar-refractivity contribution in [1.82, 2.24) is 13.9 Å². The molecule has 2 atom stereocenters. The molecule has 0 saturated heterocycles. The zero-order valence-corrected chi connectivity index (χ0v) is 21.4. The van der Waals surface area contributed by atoms with Crippen LogP contribution in [0.25, 0.3) is 5.69 Å². The molecule has 0 saturated carbocycles. The summed E-state index contributed by atoms with van der Waals surface area (Å²) in [6.07, 6.45) is 1.92. The van der Waals surface area contributed by atoms with E-state index in [4.69, 9.17) is 4.74 Å². The maximum absolute atomic E-state index is 13.8. The van der Waals surface area contributed by atoms with Crippen LogP contribution in [0.15, 0.2) is 63.7 Å². The van der Waals surface area contributed by atoms with Gasteiger partial charge in [-0.1, -0.05) is 32.1 Å². The molecule has 9 nitrogen and oxygen atoms in total. The van der Waals surface area contributed by atoms with Gasteiger partial charge in [0.15, 0.2) is 5.78 Å². The number of allylic oxidation sites excluding steroid dienone is 1. The third-order valence-corrected chi connectivity index (χ3v) is 7.30. The Kier molecular flexibility index (Phi) is 5.62. The number of carbonyl (C=O) groups is 2. The monoisotopic (exact) mass is 503 g/mol. The highest BCUT2D eigenvalue weighted by Crippen LogP contribution is 2.47. The molecular weight excluding hydrogens is 474 g/mol. The third kappa shape index (κ3) is 3.77. The molecule has 37 heavy (non-hydrogen) atoms. The molecule has 1 aromatic heterocycles. The molecule has 1 N–H and O–H groups in total. The number of carboxylic acid groups (broad SMARTS) is 1. The first-order valence-electron chi connectivity index (χ1n) is 12.2. The average molecular weight is 504 g/mol. The Morgan fingerprint density at radius 3 is 2.32 bits per heavy atom. The first-order chi connectivity index (χ1) is 17.4. The van der Waals surface area contributed by atoms with Crippen LogP contribution < -0.4 is 16.1 Å². The molecule has 3 heterocycles. The summed E-state index contributed by atoms with van der Waals surface area (Å²) in [5, 5.41) is 9.79. The fourth-order valence-corrected chi connectivity index (χ4v) is 5.48. The largest absolute Gasteiger partial charge is 0.483 e. The normalized spacial score (nSPS) is 18.2. The van der Waals surface area contributed by atoms with Crippen molar-refractivity contribution < 1.29 is 19.4 Å². The van der Waals surface area contributed by atoms with Crippen molar-refractivity contribution in [2.75, 3.05) is 0 Å². The number of Topliss-reactive ketones (excluding diaryl/α,β-unsaturated/α-hetero) is 1. The number of ether oxygens (including phenoxy) is 1. The first kappa shape index (κ1) is 24.5. The minimum Gasteiger partial charge on any atom is -0.483 e. The number of aromatic nitrogens is 3. The SMILES string of the molecule is CC(=O)c1ccc(-n2c(=O)n3n(c2=O)C2C(=CC3)C(C)(C)Oc3cc(C(C(=O)O)C(C)C)ccc32)cc1. The van der Waals surface area contributed by atoms with E-state index in [0.717, 1.165) is 10.1 Å². The number of carboxylic acids is 1. The number of carbonyl (C=O) groups excluding carboxylic acids is 1.